The number of hydrogen-bond acceptors (Lipinski definition) is 4. The number of amides is 2. The number of para-hydroxylation sites is 1. The molecule has 0 radical (unpaired) electrons. The van der Waals surface area contributed by atoms with E-state index in [-0.39, 0.29) is 12.6 Å². The van der Waals surface area contributed by atoms with E-state index in [9.17, 15) is 9.18 Å². The van der Waals surface area contributed by atoms with Gasteiger partial charge in [-0.1, -0.05) is 31.5 Å². The number of carbonyl (C=O) groups is 1. The third-order valence-corrected chi connectivity index (χ3v) is 7.38. The zero-order chi connectivity index (χ0) is 23.7. The van der Waals surface area contributed by atoms with Gasteiger partial charge in [0.1, 0.15) is 18.8 Å². The van der Waals surface area contributed by atoms with Crippen LogP contribution in [0.15, 0.2) is 42.7 Å². The van der Waals surface area contributed by atoms with E-state index >= 15 is 0 Å². The van der Waals surface area contributed by atoms with Crippen molar-refractivity contribution in [3.05, 3.63) is 48.3 Å². The van der Waals surface area contributed by atoms with Crippen LogP contribution < -0.4 is 9.80 Å². The van der Waals surface area contributed by atoms with Crippen molar-refractivity contribution in [3.63, 3.8) is 0 Å². The minimum atomic E-state index is -0.515. The second kappa shape index (κ2) is 9.57. The van der Waals surface area contributed by atoms with E-state index < -0.39 is 6.67 Å². The number of fused-ring (bicyclic) bond motifs is 1. The van der Waals surface area contributed by atoms with Gasteiger partial charge >= 0.3 is 6.03 Å². The average Bonchev–Trinajstić information content (AvgIpc) is 3.23. The normalized spacial score (nSPS) is 17.3. The highest BCUT2D eigenvalue weighted by molar-refractivity contribution is 6.00. The van der Waals surface area contributed by atoms with Crippen molar-refractivity contribution in [2.45, 2.75) is 33.1 Å². The molecule has 0 N–H and O–H groups in total. The summed E-state index contributed by atoms with van der Waals surface area (Å²) in [7, 11) is 0. The van der Waals surface area contributed by atoms with E-state index in [0.29, 0.717) is 13.1 Å². The second-order valence-electron chi connectivity index (χ2n) is 9.35. The monoisotopic (exact) mass is 461 g/mol. The van der Waals surface area contributed by atoms with Gasteiger partial charge in [0, 0.05) is 42.8 Å². The Morgan fingerprint density at radius 1 is 1.06 bits per heavy atom. The van der Waals surface area contributed by atoms with Crippen molar-refractivity contribution in [1.82, 2.24) is 14.9 Å². The number of nitrogens with zero attached hydrogens (tertiary/aromatic N) is 5. The van der Waals surface area contributed by atoms with Crippen LogP contribution in [0.5, 0.6) is 0 Å². The van der Waals surface area contributed by atoms with Crippen LogP contribution in [0.3, 0.4) is 0 Å². The second-order valence-corrected chi connectivity index (χ2v) is 9.35. The fraction of sp³-hybridized carbons (Fsp3) is 0.444. The topological polar surface area (TPSA) is 52.6 Å². The van der Waals surface area contributed by atoms with Crippen molar-refractivity contribution >= 4 is 28.4 Å². The van der Waals surface area contributed by atoms with E-state index in [4.69, 9.17) is 0 Å². The van der Waals surface area contributed by atoms with Crippen LogP contribution in [0, 0.1) is 12.8 Å². The van der Waals surface area contributed by atoms with Crippen LogP contribution in [0.1, 0.15) is 31.7 Å². The van der Waals surface area contributed by atoms with Crippen LogP contribution in [0.4, 0.5) is 20.7 Å². The van der Waals surface area contributed by atoms with Gasteiger partial charge in [-0.05, 0) is 55.0 Å². The Labute approximate surface area is 200 Å². The third kappa shape index (κ3) is 4.08. The number of urea groups is 1. The summed E-state index contributed by atoms with van der Waals surface area (Å²) in [4.78, 5) is 27.7. The largest absolute Gasteiger partial charge is 0.356 e. The molecule has 0 unspecified atom stereocenters. The molecule has 0 bridgehead atoms. The Morgan fingerprint density at radius 3 is 2.62 bits per heavy atom. The maximum absolute atomic E-state index is 12.8. The number of aromatic nitrogens is 2. The van der Waals surface area contributed by atoms with E-state index in [1.54, 1.807) is 16.1 Å². The van der Waals surface area contributed by atoms with Crippen molar-refractivity contribution < 1.29 is 9.18 Å². The molecule has 0 atom stereocenters. The average molecular weight is 462 g/mol. The number of aryl methyl sites for hydroxylation is 1. The molecule has 2 aliphatic rings. The lowest BCUT2D eigenvalue weighted by atomic mass is 9.94. The Hall–Kier alpha value is -3.22. The highest BCUT2D eigenvalue weighted by Gasteiger charge is 2.30. The number of rotatable bonds is 6. The van der Waals surface area contributed by atoms with E-state index in [0.717, 1.165) is 58.1 Å². The molecule has 6 nitrogen and oxygen atoms in total. The summed E-state index contributed by atoms with van der Waals surface area (Å²) in [5.41, 5.74) is 4.97. The zero-order valence-corrected chi connectivity index (χ0v) is 20.0. The number of anilines is 2. The number of carbonyl (C=O) groups excluding carboxylic acids is 1. The van der Waals surface area contributed by atoms with Crippen LogP contribution in [0.25, 0.3) is 22.0 Å². The molecule has 3 aromatic rings. The van der Waals surface area contributed by atoms with Gasteiger partial charge in [-0.3, -0.25) is 4.90 Å². The molecule has 0 saturated carbocycles. The number of alkyl halides is 1. The first-order chi connectivity index (χ1) is 16.6. The first-order valence-electron chi connectivity index (χ1n) is 12.3. The fourth-order valence-corrected chi connectivity index (χ4v) is 5.35. The number of hydrogen-bond donors (Lipinski definition) is 0. The van der Waals surface area contributed by atoms with Gasteiger partial charge in [0.15, 0.2) is 0 Å². The van der Waals surface area contributed by atoms with Gasteiger partial charge < -0.3 is 9.80 Å². The van der Waals surface area contributed by atoms with Crippen molar-refractivity contribution in [1.29, 1.82) is 0 Å². The summed E-state index contributed by atoms with van der Waals surface area (Å²) in [6.07, 6.45) is 5.34. The van der Waals surface area contributed by atoms with Crippen LogP contribution in [-0.2, 0) is 0 Å². The predicted octanol–water partition coefficient (Wildman–Crippen LogP) is 5.44. The lowest BCUT2D eigenvalue weighted by Gasteiger charge is -2.33. The molecule has 2 saturated heterocycles. The maximum Gasteiger partial charge on any atom is 0.324 e. The SMILES string of the molecule is CCC1CCN(c2ncnc3c(-c4ccc(N5CCN(CCF)C5=O)c(C)c4)cccc23)CC1. The van der Waals surface area contributed by atoms with Gasteiger partial charge in [0.2, 0.25) is 0 Å². The molecule has 2 amide bonds. The quantitative estimate of drug-likeness (QED) is 0.490. The molecule has 7 heteroatoms. The first-order valence-corrected chi connectivity index (χ1v) is 12.3. The van der Waals surface area contributed by atoms with Gasteiger partial charge in [0.05, 0.1) is 12.1 Å². The summed E-state index contributed by atoms with van der Waals surface area (Å²) in [5.74, 6) is 1.83. The fourth-order valence-electron chi connectivity index (χ4n) is 5.35. The molecule has 178 valence electrons. The molecule has 1 aromatic heterocycles. The van der Waals surface area contributed by atoms with Crippen LogP contribution in [0.2, 0.25) is 0 Å². The Morgan fingerprint density at radius 2 is 1.88 bits per heavy atom. The summed E-state index contributed by atoms with van der Waals surface area (Å²) >= 11 is 0. The standard InChI is InChI=1S/C27H32FN5O/c1-3-20-9-12-31(13-10-20)26-23-6-4-5-22(25(23)29-18-30-26)21-7-8-24(19(2)17-21)33-16-15-32(14-11-28)27(33)34/h4-8,17-18,20H,3,9-16H2,1-2H3. The smallest absolute Gasteiger partial charge is 0.324 e. The molecule has 5 rings (SSSR count). The van der Waals surface area contributed by atoms with Gasteiger partial charge in [-0.15, -0.1) is 0 Å². The lowest BCUT2D eigenvalue weighted by Crippen LogP contribution is -2.34. The Kier molecular flexibility index (Phi) is 6.35. The zero-order valence-electron chi connectivity index (χ0n) is 20.0. The molecule has 2 fully saturated rings. The lowest BCUT2D eigenvalue weighted by molar-refractivity contribution is 0.216. The van der Waals surface area contributed by atoms with Crippen LogP contribution in [-0.4, -0.2) is 60.3 Å². The highest BCUT2D eigenvalue weighted by atomic mass is 19.1. The minimum absolute atomic E-state index is 0.122. The molecule has 3 heterocycles. The van der Waals surface area contributed by atoms with Gasteiger partial charge in [-0.2, -0.15) is 0 Å². The van der Waals surface area contributed by atoms with Gasteiger partial charge in [0.25, 0.3) is 0 Å². The summed E-state index contributed by atoms with van der Waals surface area (Å²) in [5, 5.41) is 1.08. The molecule has 34 heavy (non-hydrogen) atoms. The molecule has 2 aliphatic heterocycles. The first kappa shape index (κ1) is 22.6. The molecular formula is C27H32FN5O. The number of piperidine rings is 1. The van der Waals surface area contributed by atoms with E-state index in [1.807, 2.05) is 13.0 Å². The van der Waals surface area contributed by atoms with E-state index in [1.165, 1.54) is 19.3 Å². The van der Waals surface area contributed by atoms with Crippen molar-refractivity contribution in [2.24, 2.45) is 5.92 Å². The molecule has 2 aromatic carbocycles. The van der Waals surface area contributed by atoms with Crippen molar-refractivity contribution in [3.8, 4) is 11.1 Å². The number of halogens is 1. The van der Waals surface area contributed by atoms with Crippen molar-refractivity contribution in [2.75, 3.05) is 49.2 Å². The third-order valence-electron chi connectivity index (χ3n) is 7.38. The molecule has 0 aliphatic carbocycles. The van der Waals surface area contributed by atoms with E-state index in [2.05, 4.69) is 52.1 Å². The molecule has 0 spiro atoms. The summed E-state index contributed by atoms with van der Waals surface area (Å²) in [6, 6.07) is 12.3. The number of benzene rings is 2. The van der Waals surface area contributed by atoms with Crippen LogP contribution >= 0.6 is 0 Å². The minimum Gasteiger partial charge on any atom is -0.356 e. The highest BCUT2D eigenvalue weighted by Crippen LogP contribution is 2.35. The Balaban J connectivity index is 1.46. The Bertz CT molecular complexity index is 1190. The summed E-state index contributed by atoms with van der Waals surface area (Å²) in [6.45, 7) is 7.14. The summed E-state index contributed by atoms with van der Waals surface area (Å²) < 4.78 is 12.8. The maximum atomic E-state index is 12.8. The van der Waals surface area contributed by atoms with Gasteiger partial charge in [-0.25, -0.2) is 19.2 Å². The molecular weight excluding hydrogens is 429 g/mol. The predicted molar refractivity (Wildman–Crippen MR) is 135 cm³/mol.